The Balaban J connectivity index is 1.87. The van der Waals surface area contributed by atoms with Gasteiger partial charge in [-0.25, -0.2) is 0 Å². The Morgan fingerprint density at radius 3 is 2.50 bits per heavy atom. The molecule has 2 aliphatic rings. The normalized spacial score (nSPS) is 40.0. The van der Waals surface area contributed by atoms with Crippen molar-refractivity contribution >= 4 is 0 Å². The van der Waals surface area contributed by atoms with Gasteiger partial charge in [-0.1, -0.05) is 19.8 Å². The van der Waals surface area contributed by atoms with E-state index >= 15 is 0 Å². The van der Waals surface area contributed by atoms with E-state index in [1.165, 1.54) is 25.7 Å². The topological polar surface area (TPSA) is 49.5 Å². The molecule has 0 amide bonds. The fraction of sp³-hybridized carbons (Fsp3) is 1.00. The van der Waals surface area contributed by atoms with Crippen LogP contribution in [0.2, 0.25) is 0 Å². The van der Waals surface area contributed by atoms with Gasteiger partial charge in [0, 0.05) is 13.1 Å². The number of nitrogens with zero attached hydrogens (tertiary/aromatic N) is 1. The minimum atomic E-state index is -0.157. The molecule has 3 nitrogen and oxygen atoms in total. The molecule has 2 atom stereocenters. The standard InChI is InChI=1S/C15H30N2O/c1-12-3-6-15(10-16,7-4-12)11-17-8-5-14(9-17)13(2)18/h12-14,18H,3-11,16H2,1-2H3. The molecule has 0 aromatic rings. The van der Waals surface area contributed by atoms with Gasteiger partial charge in [-0.3, -0.25) is 0 Å². The molecule has 1 heterocycles. The Labute approximate surface area is 112 Å². The lowest BCUT2D eigenvalue weighted by atomic mass is 9.70. The first-order chi connectivity index (χ1) is 8.54. The zero-order chi connectivity index (χ0) is 13.2. The quantitative estimate of drug-likeness (QED) is 0.805. The van der Waals surface area contributed by atoms with E-state index in [9.17, 15) is 5.11 Å². The first kappa shape index (κ1) is 14.3. The molecule has 18 heavy (non-hydrogen) atoms. The van der Waals surface area contributed by atoms with Crippen LogP contribution < -0.4 is 5.73 Å². The highest BCUT2D eigenvalue weighted by atomic mass is 16.3. The van der Waals surface area contributed by atoms with E-state index in [1.54, 1.807) is 0 Å². The maximum absolute atomic E-state index is 9.68. The molecular formula is C15H30N2O. The molecule has 0 radical (unpaired) electrons. The summed E-state index contributed by atoms with van der Waals surface area (Å²) in [7, 11) is 0. The van der Waals surface area contributed by atoms with E-state index in [1.807, 2.05) is 6.92 Å². The summed E-state index contributed by atoms with van der Waals surface area (Å²) >= 11 is 0. The smallest absolute Gasteiger partial charge is 0.0552 e. The fourth-order valence-corrected chi connectivity index (χ4v) is 3.68. The molecule has 0 spiro atoms. The van der Waals surface area contributed by atoms with Crippen LogP contribution in [0.25, 0.3) is 0 Å². The Kier molecular flexibility index (Phi) is 4.68. The number of likely N-dealkylation sites (tertiary alicyclic amines) is 1. The summed E-state index contributed by atoms with van der Waals surface area (Å²) in [6.45, 7) is 8.48. The van der Waals surface area contributed by atoms with Gasteiger partial charge in [-0.05, 0) is 56.5 Å². The van der Waals surface area contributed by atoms with E-state index in [-0.39, 0.29) is 6.10 Å². The lowest BCUT2D eigenvalue weighted by Crippen LogP contribution is -2.44. The second kappa shape index (κ2) is 5.89. The van der Waals surface area contributed by atoms with Gasteiger partial charge in [0.05, 0.1) is 6.10 Å². The molecule has 1 saturated heterocycles. The molecular weight excluding hydrogens is 224 g/mol. The number of aliphatic hydroxyl groups is 1. The highest BCUT2D eigenvalue weighted by Gasteiger charge is 2.37. The van der Waals surface area contributed by atoms with Crippen LogP contribution in [-0.2, 0) is 0 Å². The van der Waals surface area contributed by atoms with Crippen molar-refractivity contribution in [2.24, 2.45) is 23.0 Å². The molecule has 1 aliphatic carbocycles. The Hall–Kier alpha value is -0.120. The highest BCUT2D eigenvalue weighted by molar-refractivity contribution is 4.91. The van der Waals surface area contributed by atoms with Gasteiger partial charge in [0.15, 0.2) is 0 Å². The predicted molar refractivity (Wildman–Crippen MR) is 75.3 cm³/mol. The van der Waals surface area contributed by atoms with Crippen LogP contribution in [0, 0.1) is 17.3 Å². The van der Waals surface area contributed by atoms with Crippen molar-refractivity contribution in [3.63, 3.8) is 0 Å². The van der Waals surface area contributed by atoms with E-state index in [2.05, 4.69) is 11.8 Å². The van der Waals surface area contributed by atoms with Crippen molar-refractivity contribution in [1.82, 2.24) is 4.90 Å². The first-order valence-electron chi connectivity index (χ1n) is 7.65. The van der Waals surface area contributed by atoms with Crippen LogP contribution >= 0.6 is 0 Å². The summed E-state index contributed by atoms with van der Waals surface area (Å²) in [5.41, 5.74) is 6.44. The van der Waals surface area contributed by atoms with E-state index in [0.29, 0.717) is 11.3 Å². The molecule has 2 rings (SSSR count). The van der Waals surface area contributed by atoms with Gasteiger partial charge < -0.3 is 15.7 Å². The van der Waals surface area contributed by atoms with E-state index in [0.717, 1.165) is 38.5 Å². The van der Waals surface area contributed by atoms with Gasteiger partial charge in [-0.2, -0.15) is 0 Å². The second-order valence-corrected chi connectivity index (χ2v) is 6.91. The summed E-state index contributed by atoms with van der Waals surface area (Å²) in [6, 6.07) is 0. The van der Waals surface area contributed by atoms with Crippen molar-refractivity contribution < 1.29 is 5.11 Å². The van der Waals surface area contributed by atoms with Gasteiger partial charge in [0.2, 0.25) is 0 Å². The van der Waals surface area contributed by atoms with Gasteiger partial charge in [0.25, 0.3) is 0 Å². The van der Waals surface area contributed by atoms with Crippen molar-refractivity contribution in [1.29, 1.82) is 0 Å². The molecule has 3 N–H and O–H groups in total. The van der Waals surface area contributed by atoms with Gasteiger partial charge in [0.1, 0.15) is 0 Å². The van der Waals surface area contributed by atoms with Crippen molar-refractivity contribution in [2.75, 3.05) is 26.2 Å². The average Bonchev–Trinajstić information content (AvgIpc) is 2.81. The third-order valence-electron chi connectivity index (χ3n) is 5.32. The maximum atomic E-state index is 9.68. The molecule has 106 valence electrons. The van der Waals surface area contributed by atoms with Crippen LogP contribution in [0.4, 0.5) is 0 Å². The first-order valence-corrected chi connectivity index (χ1v) is 7.65. The third kappa shape index (κ3) is 3.25. The fourth-order valence-electron chi connectivity index (χ4n) is 3.68. The summed E-state index contributed by atoms with van der Waals surface area (Å²) in [5, 5.41) is 9.68. The van der Waals surface area contributed by atoms with Crippen molar-refractivity contribution in [3.05, 3.63) is 0 Å². The average molecular weight is 254 g/mol. The summed E-state index contributed by atoms with van der Waals surface area (Å²) in [6.07, 6.45) is 6.25. The van der Waals surface area contributed by atoms with Crippen LogP contribution in [-0.4, -0.2) is 42.3 Å². The number of rotatable bonds is 4. The SMILES string of the molecule is CC1CCC(CN)(CN2CCC(C(C)O)C2)CC1. The van der Waals surface area contributed by atoms with Crippen LogP contribution in [0.5, 0.6) is 0 Å². The van der Waals surface area contributed by atoms with Crippen molar-refractivity contribution in [3.8, 4) is 0 Å². The van der Waals surface area contributed by atoms with E-state index in [4.69, 9.17) is 5.73 Å². The molecule has 1 aliphatic heterocycles. The minimum absolute atomic E-state index is 0.157. The minimum Gasteiger partial charge on any atom is -0.393 e. The zero-order valence-electron chi connectivity index (χ0n) is 12.1. The molecule has 1 saturated carbocycles. The molecule has 2 unspecified atom stereocenters. The van der Waals surface area contributed by atoms with Crippen LogP contribution in [0.3, 0.4) is 0 Å². The highest BCUT2D eigenvalue weighted by Crippen LogP contribution is 2.39. The monoisotopic (exact) mass is 254 g/mol. The second-order valence-electron chi connectivity index (χ2n) is 6.91. The number of aliphatic hydroxyl groups excluding tert-OH is 1. The van der Waals surface area contributed by atoms with Crippen LogP contribution in [0.15, 0.2) is 0 Å². The van der Waals surface area contributed by atoms with Gasteiger partial charge >= 0.3 is 0 Å². The Morgan fingerprint density at radius 1 is 1.33 bits per heavy atom. The zero-order valence-corrected chi connectivity index (χ0v) is 12.1. The van der Waals surface area contributed by atoms with E-state index < -0.39 is 0 Å². The molecule has 0 bridgehead atoms. The summed E-state index contributed by atoms with van der Waals surface area (Å²) in [4.78, 5) is 2.54. The Bertz CT molecular complexity index is 259. The predicted octanol–water partition coefficient (Wildman–Crippen LogP) is 1.84. The molecule has 0 aromatic heterocycles. The number of hydrogen-bond donors (Lipinski definition) is 2. The lowest BCUT2D eigenvalue weighted by Gasteiger charge is -2.41. The third-order valence-corrected chi connectivity index (χ3v) is 5.32. The summed E-state index contributed by atoms with van der Waals surface area (Å²) in [5.74, 6) is 1.36. The Morgan fingerprint density at radius 2 is 2.00 bits per heavy atom. The van der Waals surface area contributed by atoms with Gasteiger partial charge in [-0.15, -0.1) is 0 Å². The summed E-state index contributed by atoms with van der Waals surface area (Å²) < 4.78 is 0. The number of hydrogen-bond acceptors (Lipinski definition) is 3. The molecule has 2 fully saturated rings. The number of nitrogens with two attached hydrogens (primary N) is 1. The largest absolute Gasteiger partial charge is 0.393 e. The molecule has 3 heteroatoms. The molecule has 0 aromatic carbocycles. The van der Waals surface area contributed by atoms with Crippen molar-refractivity contribution in [2.45, 2.75) is 52.1 Å². The van der Waals surface area contributed by atoms with Crippen LogP contribution in [0.1, 0.15) is 46.0 Å². The maximum Gasteiger partial charge on any atom is 0.0552 e. The lowest BCUT2D eigenvalue weighted by molar-refractivity contribution is 0.0923.